The topological polar surface area (TPSA) is 63.4 Å². The Morgan fingerprint density at radius 2 is 2.28 bits per heavy atom. The van der Waals surface area contributed by atoms with E-state index in [2.05, 4.69) is 4.90 Å². The number of rotatable bonds is 3. The molecule has 18 heavy (non-hydrogen) atoms. The molecule has 1 aliphatic heterocycles. The molecule has 0 bridgehead atoms. The Labute approximate surface area is 106 Å². The predicted molar refractivity (Wildman–Crippen MR) is 67.2 cm³/mol. The molecule has 0 radical (unpaired) electrons. The van der Waals surface area contributed by atoms with Crippen LogP contribution in [0, 0.1) is 16.0 Å². The molecule has 1 heterocycles. The van der Waals surface area contributed by atoms with E-state index in [0.29, 0.717) is 18.7 Å². The van der Waals surface area contributed by atoms with E-state index in [9.17, 15) is 14.9 Å². The Morgan fingerprint density at radius 3 is 2.94 bits per heavy atom. The summed E-state index contributed by atoms with van der Waals surface area (Å²) in [4.78, 5) is 23.9. The van der Waals surface area contributed by atoms with E-state index in [-0.39, 0.29) is 16.5 Å². The Morgan fingerprint density at radius 1 is 1.50 bits per heavy atom. The fourth-order valence-corrected chi connectivity index (χ4v) is 2.27. The zero-order valence-corrected chi connectivity index (χ0v) is 10.3. The number of hydrogen-bond acceptors (Lipinski definition) is 4. The van der Waals surface area contributed by atoms with E-state index in [1.165, 1.54) is 6.07 Å². The molecule has 5 nitrogen and oxygen atoms in total. The maximum atomic E-state index is 11.4. The number of Topliss-reactive ketones (excluding diaryl/α,β-unsaturated/α-hetero) is 1. The van der Waals surface area contributed by atoms with Crippen molar-refractivity contribution in [1.82, 2.24) is 4.90 Å². The lowest BCUT2D eigenvalue weighted by Gasteiger charge is -2.29. The number of nitro groups is 1. The quantitative estimate of drug-likeness (QED) is 0.606. The second kappa shape index (κ2) is 5.27. The Hall–Kier alpha value is -1.75. The number of piperidine rings is 1. The van der Waals surface area contributed by atoms with Gasteiger partial charge in [-0.3, -0.25) is 19.8 Å². The molecule has 1 aliphatic rings. The zero-order chi connectivity index (χ0) is 13.1. The number of non-ortho nitro benzene ring substituents is 1. The summed E-state index contributed by atoms with van der Waals surface area (Å²) in [6, 6.07) is 6.67. The molecule has 1 unspecified atom stereocenters. The molecular weight excluding hydrogens is 232 g/mol. The third-order valence-corrected chi connectivity index (χ3v) is 3.28. The number of nitro benzene ring substituents is 1. The minimum atomic E-state index is -0.383. The SMILES string of the molecule is CC1CN(Cc2cccc([N+](=O)[O-])c2)CCC1=O. The summed E-state index contributed by atoms with van der Waals surface area (Å²) in [7, 11) is 0. The number of ketones is 1. The first-order valence-corrected chi connectivity index (χ1v) is 6.04. The van der Waals surface area contributed by atoms with Crippen LogP contribution in [0.1, 0.15) is 18.9 Å². The molecule has 0 spiro atoms. The first kappa shape index (κ1) is 12.7. The fraction of sp³-hybridized carbons (Fsp3) is 0.462. The van der Waals surface area contributed by atoms with Crippen LogP contribution >= 0.6 is 0 Å². The molecule has 0 aliphatic carbocycles. The van der Waals surface area contributed by atoms with Crippen LogP contribution in [0.4, 0.5) is 5.69 Å². The highest BCUT2D eigenvalue weighted by Gasteiger charge is 2.23. The van der Waals surface area contributed by atoms with Crippen LogP contribution in [0.2, 0.25) is 0 Å². The van der Waals surface area contributed by atoms with Crippen molar-refractivity contribution in [3.8, 4) is 0 Å². The fourth-order valence-electron chi connectivity index (χ4n) is 2.27. The molecule has 1 aromatic carbocycles. The molecule has 1 fully saturated rings. The van der Waals surface area contributed by atoms with E-state index in [0.717, 1.165) is 18.7 Å². The lowest BCUT2D eigenvalue weighted by molar-refractivity contribution is -0.384. The van der Waals surface area contributed by atoms with Crippen molar-refractivity contribution in [2.24, 2.45) is 5.92 Å². The number of nitrogens with zero attached hydrogens (tertiary/aromatic N) is 2. The largest absolute Gasteiger partial charge is 0.299 e. The average Bonchev–Trinajstić information content (AvgIpc) is 2.34. The first-order chi connectivity index (χ1) is 8.56. The van der Waals surface area contributed by atoms with Gasteiger partial charge in [0.15, 0.2) is 0 Å². The van der Waals surface area contributed by atoms with Crippen LogP contribution in [0.5, 0.6) is 0 Å². The molecular formula is C13H16N2O3. The van der Waals surface area contributed by atoms with Crippen LogP contribution < -0.4 is 0 Å². The van der Waals surface area contributed by atoms with Crippen molar-refractivity contribution >= 4 is 11.5 Å². The van der Waals surface area contributed by atoms with Gasteiger partial charge >= 0.3 is 0 Å². The van der Waals surface area contributed by atoms with Crippen molar-refractivity contribution in [1.29, 1.82) is 0 Å². The first-order valence-electron chi connectivity index (χ1n) is 6.04. The molecule has 1 aromatic rings. The molecule has 1 atom stereocenters. The van der Waals surface area contributed by atoms with Gasteiger partial charge in [-0.2, -0.15) is 0 Å². The summed E-state index contributed by atoms with van der Waals surface area (Å²) < 4.78 is 0. The maximum Gasteiger partial charge on any atom is 0.269 e. The summed E-state index contributed by atoms with van der Waals surface area (Å²) >= 11 is 0. The van der Waals surface area contributed by atoms with E-state index in [4.69, 9.17) is 0 Å². The highest BCUT2D eigenvalue weighted by molar-refractivity contribution is 5.81. The van der Waals surface area contributed by atoms with Crippen LogP contribution in [0.15, 0.2) is 24.3 Å². The number of carbonyl (C=O) groups excluding carboxylic acids is 1. The number of hydrogen-bond donors (Lipinski definition) is 0. The van der Waals surface area contributed by atoms with E-state index < -0.39 is 0 Å². The van der Waals surface area contributed by atoms with Gasteiger partial charge in [0.25, 0.3) is 5.69 Å². The van der Waals surface area contributed by atoms with E-state index >= 15 is 0 Å². The van der Waals surface area contributed by atoms with Crippen molar-refractivity contribution in [2.45, 2.75) is 19.9 Å². The van der Waals surface area contributed by atoms with Gasteiger partial charge in [0.1, 0.15) is 5.78 Å². The second-order valence-corrected chi connectivity index (χ2v) is 4.78. The van der Waals surface area contributed by atoms with E-state index in [1.807, 2.05) is 13.0 Å². The number of likely N-dealkylation sites (tertiary alicyclic amines) is 1. The van der Waals surface area contributed by atoms with Gasteiger partial charge in [0.2, 0.25) is 0 Å². The highest BCUT2D eigenvalue weighted by Crippen LogP contribution is 2.18. The van der Waals surface area contributed by atoms with Crippen LogP contribution in [0.3, 0.4) is 0 Å². The smallest absolute Gasteiger partial charge is 0.269 e. The van der Waals surface area contributed by atoms with Crippen molar-refractivity contribution in [2.75, 3.05) is 13.1 Å². The number of benzene rings is 1. The van der Waals surface area contributed by atoms with Gasteiger partial charge in [-0.1, -0.05) is 19.1 Å². The molecule has 1 saturated heterocycles. The molecule has 0 amide bonds. The maximum absolute atomic E-state index is 11.4. The van der Waals surface area contributed by atoms with Gasteiger partial charge in [0.05, 0.1) is 4.92 Å². The van der Waals surface area contributed by atoms with Crippen molar-refractivity contribution in [3.05, 3.63) is 39.9 Å². The monoisotopic (exact) mass is 248 g/mol. The van der Waals surface area contributed by atoms with Crippen LogP contribution in [-0.4, -0.2) is 28.7 Å². The van der Waals surface area contributed by atoms with Gasteiger partial charge < -0.3 is 0 Å². The predicted octanol–water partition coefficient (Wildman–Crippen LogP) is 2.01. The Kier molecular flexibility index (Phi) is 3.72. The van der Waals surface area contributed by atoms with Crippen molar-refractivity contribution < 1.29 is 9.72 Å². The summed E-state index contributed by atoms with van der Waals surface area (Å²) in [6.45, 7) is 4.08. The molecule has 0 N–H and O–H groups in total. The zero-order valence-electron chi connectivity index (χ0n) is 10.3. The van der Waals surface area contributed by atoms with Crippen LogP contribution in [0.25, 0.3) is 0 Å². The summed E-state index contributed by atoms with van der Waals surface area (Å²) in [5, 5.41) is 10.7. The van der Waals surface area contributed by atoms with Gasteiger partial charge in [-0.05, 0) is 5.56 Å². The van der Waals surface area contributed by atoms with E-state index in [1.54, 1.807) is 12.1 Å². The molecule has 0 saturated carbocycles. The minimum absolute atomic E-state index is 0.0671. The lowest BCUT2D eigenvalue weighted by Crippen LogP contribution is -2.38. The number of carbonyl (C=O) groups is 1. The normalized spacial score (nSPS) is 20.9. The third kappa shape index (κ3) is 2.92. The van der Waals surface area contributed by atoms with Gasteiger partial charge in [-0.15, -0.1) is 0 Å². The average molecular weight is 248 g/mol. The van der Waals surface area contributed by atoms with Crippen molar-refractivity contribution in [3.63, 3.8) is 0 Å². The van der Waals surface area contributed by atoms with Gasteiger partial charge in [0, 0.05) is 44.1 Å². The summed E-state index contributed by atoms with van der Waals surface area (Å²) in [6.07, 6.45) is 0.579. The summed E-state index contributed by atoms with van der Waals surface area (Å²) in [5.74, 6) is 0.378. The van der Waals surface area contributed by atoms with Gasteiger partial charge in [-0.25, -0.2) is 0 Å². The third-order valence-electron chi connectivity index (χ3n) is 3.28. The Balaban J connectivity index is 2.03. The summed E-state index contributed by atoms with van der Waals surface area (Å²) in [5.41, 5.74) is 1.04. The lowest BCUT2D eigenvalue weighted by atomic mass is 9.98. The molecule has 0 aromatic heterocycles. The molecule has 96 valence electrons. The standard InChI is InChI=1S/C13H16N2O3/c1-10-8-14(6-5-13(10)16)9-11-3-2-4-12(7-11)15(17)18/h2-4,7,10H,5-6,8-9H2,1H3. The Bertz CT molecular complexity index is 473. The molecule has 2 rings (SSSR count). The highest BCUT2D eigenvalue weighted by atomic mass is 16.6. The van der Waals surface area contributed by atoms with Crippen LogP contribution in [-0.2, 0) is 11.3 Å². The second-order valence-electron chi connectivity index (χ2n) is 4.78. The molecule has 5 heteroatoms. The minimum Gasteiger partial charge on any atom is -0.299 e.